The summed E-state index contributed by atoms with van der Waals surface area (Å²) in [5, 5.41) is 2.40. The van der Waals surface area contributed by atoms with Crippen molar-refractivity contribution in [1.29, 1.82) is 0 Å². The summed E-state index contributed by atoms with van der Waals surface area (Å²) in [6.07, 6.45) is 1.50. The van der Waals surface area contributed by atoms with E-state index < -0.39 is 0 Å². The van der Waals surface area contributed by atoms with E-state index in [1.807, 2.05) is 72.8 Å². The molecular weight excluding hydrogens is 601 g/mol. The second kappa shape index (κ2) is 12.1. The Labute approximate surface area is 283 Å². The van der Waals surface area contributed by atoms with Crippen LogP contribution in [0.25, 0.3) is 89.4 Å². The third kappa shape index (κ3) is 5.33. The highest BCUT2D eigenvalue weighted by Crippen LogP contribution is 2.40. The average molecular weight is 629 g/mol. The maximum absolute atomic E-state index is 5.73. The van der Waals surface area contributed by atoms with E-state index in [0.717, 1.165) is 55.6 Å². The lowest BCUT2D eigenvalue weighted by atomic mass is 9.89. The van der Waals surface area contributed by atoms with Crippen LogP contribution in [0.3, 0.4) is 0 Å². The number of hydrogen-bond acceptors (Lipinski definition) is 5. The van der Waals surface area contributed by atoms with Gasteiger partial charge < -0.3 is 4.42 Å². The Morgan fingerprint density at radius 2 is 0.898 bits per heavy atom. The Morgan fingerprint density at radius 1 is 0.367 bits per heavy atom. The van der Waals surface area contributed by atoms with Crippen LogP contribution >= 0.6 is 0 Å². The van der Waals surface area contributed by atoms with Crippen molar-refractivity contribution in [2.75, 3.05) is 0 Å². The molecule has 0 aliphatic rings. The largest absolute Gasteiger partial charge is 0.443 e. The molecule has 0 saturated carbocycles. The molecule has 0 saturated heterocycles. The van der Waals surface area contributed by atoms with Crippen molar-refractivity contribution < 1.29 is 4.42 Å². The second-order valence-corrected chi connectivity index (χ2v) is 11.9. The van der Waals surface area contributed by atoms with Crippen LogP contribution < -0.4 is 0 Å². The number of nitrogens with zero attached hydrogens (tertiary/aromatic N) is 4. The predicted molar refractivity (Wildman–Crippen MR) is 198 cm³/mol. The normalized spacial score (nSPS) is 11.3. The first-order valence-corrected chi connectivity index (χ1v) is 16.2. The molecule has 9 aromatic rings. The van der Waals surface area contributed by atoms with Crippen LogP contribution in [0.5, 0.6) is 0 Å². The minimum Gasteiger partial charge on any atom is -0.443 e. The lowest BCUT2D eigenvalue weighted by Crippen LogP contribution is -2.00. The van der Waals surface area contributed by atoms with Gasteiger partial charge in [-0.2, -0.15) is 0 Å². The molecule has 0 aliphatic heterocycles. The van der Waals surface area contributed by atoms with Crippen LogP contribution in [0.1, 0.15) is 0 Å². The van der Waals surface area contributed by atoms with Crippen LogP contribution in [-0.4, -0.2) is 19.9 Å². The molecule has 5 nitrogen and oxygen atoms in total. The van der Waals surface area contributed by atoms with E-state index in [1.165, 1.54) is 22.7 Å². The number of hydrogen-bond donors (Lipinski definition) is 0. The molecule has 2 heterocycles. The maximum atomic E-state index is 5.73. The summed E-state index contributed by atoms with van der Waals surface area (Å²) in [4.78, 5) is 19.0. The number of fused-ring (bicyclic) bond motifs is 2. The van der Waals surface area contributed by atoms with Crippen LogP contribution in [0.4, 0.5) is 0 Å². The summed E-state index contributed by atoms with van der Waals surface area (Å²) < 4.78 is 5.73. The van der Waals surface area contributed by atoms with Gasteiger partial charge in [0.2, 0.25) is 0 Å². The van der Waals surface area contributed by atoms with Crippen molar-refractivity contribution in [3.63, 3.8) is 0 Å². The van der Waals surface area contributed by atoms with Crippen molar-refractivity contribution in [3.05, 3.63) is 170 Å². The van der Waals surface area contributed by atoms with E-state index in [0.29, 0.717) is 17.5 Å². The summed E-state index contributed by atoms with van der Waals surface area (Å²) in [5.41, 5.74) is 11.2. The monoisotopic (exact) mass is 628 g/mol. The molecule has 0 radical (unpaired) electrons. The molecule has 0 atom stereocenters. The zero-order valence-corrected chi connectivity index (χ0v) is 26.4. The quantitative estimate of drug-likeness (QED) is 0.183. The minimum atomic E-state index is 0.635. The van der Waals surface area contributed by atoms with Gasteiger partial charge in [0.25, 0.3) is 0 Å². The molecule has 0 fully saturated rings. The van der Waals surface area contributed by atoms with Gasteiger partial charge >= 0.3 is 0 Å². The molecule has 0 N–H and O–H groups in total. The third-order valence-electron chi connectivity index (χ3n) is 8.92. The van der Waals surface area contributed by atoms with Gasteiger partial charge in [-0.1, -0.05) is 158 Å². The number of aromatic nitrogens is 4. The first-order chi connectivity index (χ1) is 24.3. The number of rotatable bonds is 6. The fourth-order valence-electron chi connectivity index (χ4n) is 6.49. The van der Waals surface area contributed by atoms with Gasteiger partial charge in [-0.3, -0.25) is 0 Å². The molecule has 0 unspecified atom stereocenters. The van der Waals surface area contributed by atoms with Gasteiger partial charge in [-0.15, -0.1) is 0 Å². The fraction of sp³-hybridized carbons (Fsp3) is 0. The predicted octanol–water partition coefficient (Wildman–Crippen LogP) is 11.2. The first-order valence-electron chi connectivity index (χ1n) is 16.2. The van der Waals surface area contributed by atoms with E-state index in [2.05, 4.69) is 96.0 Å². The molecule has 0 bridgehead atoms. The van der Waals surface area contributed by atoms with Crippen molar-refractivity contribution in [2.24, 2.45) is 0 Å². The Kier molecular flexibility index (Phi) is 7.06. The van der Waals surface area contributed by atoms with Gasteiger partial charge in [-0.05, 0) is 44.7 Å². The van der Waals surface area contributed by atoms with Gasteiger partial charge in [0.1, 0.15) is 5.52 Å². The van der Waals surface area contributed by atoms with Crippen LogP contribution in [-0.2, 0) is 0 Å². The summed E-state index contributed by atoms with van der Waals surface area (Å²) in [5.74, 6) is 1.93. The van der Waals surface area contributed by atoms with Crippen LogP contribution in [0.2, 0.25) is 0 Å². The Morgan fingerprint density at radius 3 is 1.55 bits per heavy atom. The van der Waals surface area contributed by atoms with Crippen molar-refractivity contribution in [1.82, 2.24) is 19.9 Å². The van der Waals surface area contributed by atoms with E-state index in [-0.39, 0.29) is 0 Å². The molecule has 0 amide bonds. The Hall–Kier alpha value is -6.72. The van der Waals surface area contributed by atoms with Gasteiger partial charge in [-0.25, -0.2) is 19.9 Å². The lowest BCUT2D eigenvalue weighted by molar-refractivity contribution is 0.603. The average Bonchev–Trinajstić information content (AvgIpc) is 3.68. The van der Waals surface area contributed by atoms with Crippen LogP contribution in [0, 0.1) is 0 Å². The summed E-state index contributed by atoms with van der Waals surface area (Å²) in [6.45, 7) is 0. The van der Waals surface area contributed by atoms with Crippen molar-refractivity contribution in [3.8, 4) is 67.5 Å². The van der Waals surface area contributed by atoms with Crippen molar-refractivity contribution in [2.45, 2.75) is 0 Å². The van der Waals surface area contributed by atoms with E-state index in [9.17, 15) is 0 Å². The SMILES string of the molecule is c1ccc(-c2nc(-c3ccccc3)nc(-c3ccc(-c4ccc5ccccc5c4-c4ccc(-c5cccc6ncoc56)cc4)cc3)n2)cc1. The lowest BCUT2D eigenvalue weighted by Gasteiger charge is -2.15. The molecule has 0 aliphatic carbocycles. The van der Waals surface area contributed by atoms with E-state index in [1.54, 1.807) is 0 Å². The smallest absolute Gasteiger partial charge is 0.182 e. The molecule has 7 aromatic carbocycles. The summed E-state index contributed by atoms with van der Waals surface area (Å²) >= 11 is 0. The molecule has 5 heteroatoms. The number of benzene rings is 7. The summed E-state index contributed by atoms with van der Waals surface area (Å²) in [7, 11) is 0. The molecule has 0 spiro atoms. The Balaban J connectivity index is 1.13. The topological polar surface area (TPSA) is 64.7 Å². The molecule has 230 valence electrons. The fourth-order valence-corrected chi connectivity index (χ4v) is 6.49. The zero-order chi connectivity index (χ0) is 32.6. The highest BCUT2D eigenvalue weighted by Gasteiger charge is 2.16. The zero-order valence-electron chi connectivity index (χ0n) is 26.4. The Bertz CT molecular complexity index is 2520. The van der Waals surface area contributed by atoms with Crippen molar-refractivity contribution >= 4 is 21.9 Å². The maximum Gasteiger partial charge on any atom is 0.182 e. The first kappa shape index (κ1) is 28.5. The molecule has 2 aromatic heterocycles. The van der Waals surface area contributed by atoms with Gasteiger partial charge in [0.15, 0.2) is 29.4 Å². The highest BCUT2D eigenvalue weighted by molar-refractivity contribution is 6.04. The minimum absolute atomic E-state index is 0.635. The van der Waals surface area contributed by atoms with Crippen LogP contribution in [0.15, 0.2) is 175 Å². The summed E-state index contributed by atoms with van der Waals surface area (Å²) in [6, 6.07) is 56.4. The molecule has 9 rings (SSSR count). The number of oxazole rings is 1. The molecule has 49 heavy (non-hydrogen) atoms. The van der Waals surface area contributed by atoms with Gasteiger partial charge in [0.05, 0.1) is 0 Å². The number of para-hydroxylation sites is 1. The second-order valence-electron chi connectivity index (χ2n) is 11.9. The van der Waals surface area contributed by atoms with Gasteiger partial charge in [0, 0.05) is 22.3 Å². The highest BCUT2D eigenvalue weighted by atomic mass is 16.3. The third-order valence-corrected chi connectivity index (χ3v) is 8.92. The van der Waals surface area contributed by atoms with E-state index in [4.69, 9.17) is 19.4 Å². The van der Waals surface area contributed by atoms with E-state index >= 15 is 0 Å². The standard InChI is InChI=1S/C44H28N4O/c1-3-11-33(12-4-1)42-46-43(34-13-5-2-6-14-34)48-44(47-42)35-24-20-30(21-25-35)37-27-26-29-10-7-8-15-36(29)40(37)32-22-18-31(19-23-32)38-16-9-17-39-41(38)49-28-45-39/h1-28H. The molecular formula is C44H28N4O.